The Morgan fingerprint density at radius 3 is 2.62 bits per heavy atom. The first-order valence-corrected chi connectivity index (χ1v) is 11.3. The van der Waals surface area contributed by atoms with Crippen LogP contribution < -0.4 is 15.5 Å². The number of rotatable bonds is 6. The third-order valence-electron chi connectivity index (χ3n) is 6.10. The molecule has 34 heavy (non-hydrogen) atoms. The lowest BCUT2D eigenvalue weighted by molar-refractivity contribution is -0.00291. The number of β-amino-alcohol motifs (C(OH)–C–C–N with tert-alkyl or cyclic N) is 1. The molecule has 1 fully saturated rings. The second-order valence-corrected chi connectivity index (χ2v) is 9.09. The zero-order valence-electron chi connectivity index (χ0n) is 19.3. The smallest absolute Gasteiger partial charge is 0.229 e. The van der Waals surface area contributed by atoms with Gasteiger partial charge >= 0.3 is 0 Å². The molecule has 2 aliphatic heterocycles. The summed E-state index contributed by atoms with van der Waals surface area (Å²) in [7, 11) is 0. The summed E-state index contributed by atoms with van der Waals surface area (Å²) >= 11 is 0. The highest BCUT2D eigenvalue weighted by atomic mass is 19.1. The van der Waals surface area contributed by atoms with Gasteiger partial charge in [-0.25, -0.2) is 23.7 Å². The number of hydrogen-bond donors (Lipinski definition) is 3. The fourth-order valence-electron chi connectivity index (χ4n) is 4.55. The van der Waals surface area contributed by atoms with Crippen LogP contribution in [0.5, 0.6) is 0 Å². The number of aliphatic hydroxyl groups is 1. The van der Waals surface area contributed by atoms with Crippen molar-refractivity contribution in [1.29, 1.82) is 0 Å². The van der Waals surface area contributed by atoms with Crippen molar-refractivity contribution in [1.82, 2.24) is 19.9 Å². The van der Waals surface area contributed by atoms with Gasteiger partial charge in [0.05, 0.1) is 29.8 Å². The molecular formula is C24H27F2N7O. The average Bonchev–Trinajstić information content (AvgIpc) is 3.12. The van der Waals surface area contributed by atoms with Gasteiger partial charge in [0.25, 0.3) is 0 Å². The highest BCUT2D eigenvalue weighted by Gasteiger charge is 2.31. The molecule has 3 N–H and O–H groups in total. The van der Waals surface area contributed by atoms with Crippen molar-refractivity contribution >= 4 is 23.1 Å². The Morgan fingerprint density at radius 2 is 1.94 bits per heavy atom. The molecule has 0 radical (unpaired) electrons. The van der Waals surface area contributed by atoms with Crippen molar-refractivity contribution in [2.45, 2.75) is 45.6 Å². The van der Waals surface area contributed by atoms with E-state index in [2.05, 4.69) is 30.5 Å². The lowest BCUT2D eigenvalue weighted by atomic mass is 10.1. The number of aromatic nitrogens is 3. The van der Waals surface area contributed by atoms with Gasteiger partial charge in [-0.2, -0.15) is 0 Å². The van der Waals surface area contributed by atoms with Crippen molar-refractivity contribution in [3.8, 4) is 11.3 Å². The number of fused-ring (bicyclic) bond motifs is 1. The number of nitrogens with one attached hydrogen (secondary N) is 2. The van der Waals surface area contributed by atoms with E-state index < -0.39 is 11.6 Å². The molecule has 0 aliphatic carbocycles. The Hall–Kier alpha value is -3.37. The quantitative estimate of drug-likeness (QED) is 0.506. The number of hydrogen-bond acceptors (Lipinski definition) is 8. The number of nitrogens with zero attached hydrogens (tertiary/aromatic N) is 5. The Morgan fingerprint density at radius 1 is 1.15 bits per heavy atom. The van der Waals surface area contributed by atoms with Crippen LogP contribution in [-0.4, -0.2) is 56.4 Å². The number of aliphatic hydroxyl groups excluding tert-OH is 1. The first-order chi connectivity index (χ1) is 16.3. The lowest BCUT2D eigenvalue weighted by Gasteiger charge is -2.35. The van der Waals surface area contributed by atoms with E-state index in [0.29, 0.717) is 42.4 Å². The van der Waals surface area contributed by atoms with Crippen LogP contribution in [0.4, 0.5) is 31.9 Å². The molecule has 5 rings (SSSR count). The largest absolute Gasteiger partial charge is 0.390 e. The SMILES string of the molecule is CC(C)N1c2cc(-c3nc(Nc4ccc(CN5CC(O)C5)cn4)ncc3F)cc(F)c2NC1C. The van der Waals surface area contributed by atoms with Crippen LogP contribution in [0.1, 0.15) is 26.3 Å². The number of benzene rings is 1. The number of pyridine rings is 1. The highest BCUT2D eigenvalue weighted by molar-refractivity contribution is 5.82. The van der Waals surface area contributed by atoms with E-state index in [0.717, 1.165) is 11.8 Å². The van der Waals surface area contributed by atoms with E-state index in [1.54, 1.807) is 18.3 Å². The van der Waals surface area contributed by atoms with Crippen LogP contribution >= 0.6 is 0 Å². The summed E-state index contributed by atoms with van der Waals surface area (Å²) in [6.45, 7) is 8.05. The minimum absolute atomic E-state index is 0.00965. The first kappa shape index (κ1) is 22.4. The summed E-state index contributed by atoms with van der Waals surface area (Å²) in [4.78, 5) is 16.9. The Balaban J connectivity index is 1.38. The van der Waals surface area contributed by atoms with E-state index in [9.17, 15) is 13.9 Å². The van der Waals surface area contributed by atoms with Crippen molar-refractivity contribution in [3.63, 3.8) is 0 Å². The molecule has 3 aromatic rings. The summed E-state index contributed by atoms with van der Waals surface area (Å²) < 4.78 is 29.6. The Labute approximate surface area is 196 Å². The normalized spacial score (nSPS) is 18.1. The highest BCUT2D eigenvalue weighted by Crippen LogP contribution is 2.41. The summed E-state index contributed by atoms with van der Waals surface area (Å²) in [6.07, 6.45) is 2.49. The van der Waals surface area contributed by atoms with Crippen LogP contribution in [0.2, 0.25) is 0 Å². The molecule has 1 unspecified atom stereocenters. The number of halogens is 2. The monoisotopic (exact) mass is 467 g/mol. The molecule has 0 spiro atoms. The number of anilines is 4. The molecule has 0 saturated carbocycles. The molecule has 178 valence electrons. The molecule has 1 atom stereocenters. The van der Waals surface area contributed by atoms with Gasteiger partial charge in [-0.05, 0) is 44.5 Å². The molecule has 1 saturated heterocycles. The summed E-state index contributed by atoms with van der Waals surface area (Å²) in [6, 6.07) is 6.89. The van der Waals surface area contributed by atoms with Crippen LogP contribution in [0, 0.1) is 11.6 Å². The van der Waals surface area contributed by atoms with E-state index in [1.165, 1.54) is 6.07 Å². The van der Waals surface area contributed by atoms with Crippen molar-refractivity contribution in [2.75, 3.05) is 28.6 Å². The first-order valence-electron chi connectivity index (χ1n) is 11.3. The second-order valence-electron chi connectivity index (χ2n) is 9.09. The topological polar surface area (TPSA) is 89.4 Å². The third kappa shape index (κ3) is 4.26. The van der Waals surface area contributed by atoms with Gasteiger partial charge in [-0.15, -0.1) is 0 Å². The van der Waals surface area contributed by atoms with E-state index >= 15 is 0 Å². The maximum absolute atomic E-state index is 14.9. The zero-order valence-corrected chi connectivity index (χ0v) is 19.3. The molecule has 2 aliphatic rings. The maximum Gasteiger partial charge on any atom is 0.229 e. The molecule has 10 heteroatoms. The summed E-state index contributed by atoms with van der Waals surface area (Å²) in [5.41, 5.74) is 2.45. The minimum atomic E-state index is -0.639. The van der Waals surface area contributed by atoms with E-state index in [1.807, 2.05) is 31.7 Å². The van der Waals surface area contributed by atoms with Gasteiger partial charge in [0.15, 0.2) is 5.82 Å². The fraction of sp³-hybridized carbons (Fsp3) is 0.375. The Kier molecular flexibility index (Phi) is 5.78. The Bertz CT molecular complexity index is 1200. The van der Waals surface area contributed by atoms with Gasteiger partial charge < -0.3 is 20.6 Å². The molecule has 8 nitrogen and oxygen atoms in total. The van der Waals surface area contributed by atoms with Gasteiger partial charge in [0.1, 0.15) is 17.3 Å². The predicted octanol–water partition coefficient (Wildman–Crippen LogP) is 3.72. The van der Waals surface area contributed by atoms with Crippen LogP contribution in [0.15, 0.2) is 36.7 Å². The van der Waals surface area contributed by atoms with Crippen LogP contribution in [-0.2, 0) is 6.54 Å². The number of likely N-dealkylation sites (tertiary alicyclic amines) is 1. The second kappa shape index (κ2) is 8.77. The molecule has 0 bridgehead atoms. The molecule has 1 aromatic carbocycles. The van der Waals surface area contributed by atoms with Gasteiger partial charge in [-0.1, -0.05) is 6.07 Å². The fourth-order valence-corrected chi connectivity index (χ4v) is 4.55. The molecule has 0 amide bonds. The minimum Gasteiger partial charge on any atom is -0.390 e. The van der Waals surface area contributed by atoms with Gasteiger partial charge in [0.2, 0.25) is 5.95 Å². The maximum atomic E-state index is 14.9. The van der Waals surface area contributed by atoms with E-state index in [-0.39, 0.29) is 30.0 Å². The average molecular weight is 468 g/mol. The third-order valence-corrected chi connectivity index (χ3v) is 6.10. The van der Waals surface area contributed by atoms with Crippen molar-refractivity contribution in [2.24, 2.45) is 0 Å². The van der Waals surface area contributed by atoms with Crippen LogP contribution in [0.25, 0.3) is 11.3 Å². The zero-order chi connectivity index (χ0) is 24.0. The van der Waals surface area contributed by atoms with Crippen molar-refractivity contribution in [3.05, 3.63) is 53.9 Å². The molecule has 4 heterocycles. The van der Waals surface area contributed by atoms with Gasteiger partial charge in [0, 0.05) is 37.4 Å². The van der Waals surface area contributed by atoms with Gasteiger partial charge in [-0.3, -0.25) is 4.90 Å². The van der Waals surface area contributed by atoms with E-state index in [4.69, 9.17) is 0 Å². The predicted molar refractivity (Wildman–Crippen MR) is 127 cm³/mol. The van der Waals surface area contributed by atoms with Crippen LogP contribution in [0.3, 0.4) is 0 Å². The lowest BCUT2D eigenvalue weighted by Crippen LogP contribution is -2.49. The standard InChI is InChI=1S/C24H27F2N7O/c1-13(2)33-14(3)29-23-18(25)6-16(7-20(23)33)22-19(26)9-28-24(31-22)30-21-5-4-15(8-27-21)10-32-11-17(34)12-32/h4-9,13-14,17,29,34H,10-12H2,1-3H3,(H,27,28,30,31). The summed E-state index contributed by atoms with van der Waals surface area (Å²) in [5.74, 6) is -0.424. The molecule has 2 aromatic heterocycles. The van der Waals surface area contributed by atoms with Crippen molar-refractivity contribution < 1.29 is 13.9 Å². The molecular weight excluding hydrogens is 440 g/mol. The summed E-state index contributed by atoms with van der Waals surface area (Å²) in [5, 5.41) is 15.5.